The second kappa shape index (κ2) is 5.75. The smallest absolute Gasteiger partial charge is 0.361 e. The SMILES string of the molecule is C[Si](C)(C)CCOCn1cc(C(F)(F)F)nc1Br. The van der Waals surface area contributed by atoms with Gasteiger partial charge in [0.25, 0.3) is 0 Å². The first-order chi connectivity index (χ1) is 8.09. The predicted molar refractivity (Wildman–Crippen MR) is 69.0 cm³/mol. The summed E-state index contributed by atoms with van der Waals surface area (Å²) in [5.41, 5.74) is -0.914. The molecule has 18 heavy (non-hydrogen) atoms. The number of hydrogen-bond acceptors (Lipinski definition) is 2. The molecule has 0 bridgehead atoms. The highest BCUT2D eigenvalue weighted by molar-refractivity contribution is 9.10. The van der Waals surface area contributed by atoms with E-state index in [1.54, 1.807) is 0 Å². The maximum Gasteiger partial charge on any atom is 0.434 e. The Morgan fingerprint density at radius 2 is 2.00 bits per heavy atom. The number of halogens is 4. The average molecular weight is 345 g/mol. The van der Waals surface area contributed by atoms with Gasteiger partial charge in [-0.15, -0.1) is 0 Å². The lowest BCUT2D eigenvalue weighted by Crippen LogP contribution is -2.22. The molecule has 0 aromatic carbocycles. The molecule has 0 amide bonds. The van der Waals surface area contributed by atoms with Gasteiger partial charge in [-0.05, 0) is 22.0 Å². The van der Waals surface area contributed by atoms with E-state index in [0.29, 0.717) is 6.61 Å². The maximum absolute atomic E-state index is 12.4. The van der Waals surface area contributed by atoms with Crippen molar-refractivity contribution < 1.29 is 17.9 Å². The molecular weight excluding hydrogens is 329 g/mol. The summed E-state index contributed by atoms with van der Waals surface area (Å²) in [5, 5.41) is 0. The van der Waals surface area contributed by atoms with E-state index in [2.05, 4.69) is 40.6 Å². The zero-order valence-electron chi connectivity index (χ0n) is 10.5. The largest absolute Gasteiger partial charge is 0.434 e. The number of hydrogen-bond donors (Lipinski definition) is 0. The number of ether oxygens (including phenoxy) is 1. The zero-order valence-corrected chi connectivity index (χ0v) is 13.1. The van der Waals surface area contributed by atoms with E-state index >= 15 is 0 Å². The molecule has 0 fully saturated rings. The van der Waals surface area contributed by atoms with Gasteiger partial charge in [-0.3, -0.25) is 0 Å². The lowest BCUT2D eigenvalue weighted by Gasteiger charge is -2.15. The van der Waals surface area contributed by atoms with Gasteiger partial charge in [-0.25, -0.2) is 4.98 Å². The van der Waals surface area contributed by atoms with Crippen LogP contribution in [0.2, 0.25) is 25.7 Å². The summed E-state index contributed by atoms with van der Waals surface area (Å²) in [5.74, 6) is 0. The molecule has 3 nitrogen and oxygen atoms in total. The number of nitrogens with zero attached hydrogens (tertiary/aromatic N) is 2. The van der Waals surface area contributed by atoms with Crippen LogP contribution in [-0.2, 0) is 17.6 Å². The monoisotopic (exact) mass is 344 g/mol. The van der Waals surface area contributed by atoms with E-state index in [4.69, 9.17) is 4.74 Å². The molecule has 1 aromatic rings. The van der Waals surface area contributed by atoms with Crippen LogP contribution in [0.4, 0.5) is 13.2 Å². The van der Waals surface area contributed by atoms with Gasteiger partial charge in [0.1, 0.15) is 6.73 Å². The first-order valence-electron chi connectivity index (χ1n) is 5.47. The van der Waals surface area contributed by atoms with E-state index in [-0.39, 0.29) is 11.5 Å². The topological polar surface area (TPSA) is 27.1 Å². The molecule has 0 saturated carbocycles. The van der Waals surface area contributed by atoms with Gasteiger partial charge in [0.15, 0.2) is 10.4 Å². The molecule has 0 unspecified atom stereocenters. The van der Waals surface area contributed by atoms with Crippen LogP contribution in [0.15, 0.2) is 10.9 Å². The van der Waals surface area contributed by atoms with E-state index in [9.17, 15) is 13.2 Å². The first kappa shape index (κ1) is 15.7. The molecule has 0 aliphatic heterocycles. The lowest BCUT2D eigenvalue weighted by molar-refractivity contribution is -0.141. The van der Waals surface area contributed by atoms with Gasteiger partial charge in [-0.2, -0.15) is 13.2 Å². The van der Waals surface area contributed by atoms with Crippen molar-refractivity contribution in [1.82, 2.24) is 9.55 Å². The Hall–Kier alpha value is -0.343. The summed E-state index contributed by atoms with van der Waals surface area (Å²) in [6.45, 7) is 7.28. The summed E-state index contributed by atoms with van der Waals surface area (Å²) in [6.07, 6.45) is -3.48. The summed E-state index contributed by atoms with van der Waals surface area (Å²) in [6, 6.07) is 0.978. The second-order valence-electron chi connectivity index (χ2n) is 5.21. The quantitative estimate of drug-likeness (QED) is 0.596. The molecular formula is C10H16BrF3N2OSi. The predicted octanol–water partition coefficient (Wildman–Crippen LogP) is 3.98. The Labute approximate surface area is 113 Å². The Morgan fingerprint density at radius 1 is 1.39 bits per heavy atom. The first-order valence-corrected chi connectivity index (χ1v) is 9.97. The summed E-state index contributed by atoms with van der Waals surface area (Å²) >= 11 is 2.98. The number of alkyl halides is 3. The van der Waals surface area contributed by atoms with Crippen molar-refractivity contribution in [3.63, 3.8) is 0 Å². The van der Waals surface area contributed by atoms with Crippen LogP contribution in [0, 0.1) is 0 Å². The fourth-order valence-electron chi connectivity index (χ4n) is 1.16. The van der Waals surface area contributed by atoms with Gasteiger partial charge in [-0.1, -0.05) is 19.6 Å². The van der Waals surface area contributed by atoms with Crippen molar-refractivity contribution in [1.29, 1.82) is 0 Å². The van der Waals surface area contributed by atoms with Crippen molar-refractivity contribution in [3.8, 4) is 0 Å². The Balaban J connectivity index is 2.51. The molecule has 0 saturated heterocycles. The molecule has 0 aliphatic carbocycles. The highest BCUT2D eigenvalue weighted by Crippen LogP contribution is 2.29. The van der Waals surface area contributed by atoms with Crippen molar-refractivity contribution in [2.45, 2.75) is 38.6 Å². The Kier molecular flexibility index (Phi) is 5.02. The van der Waals surface area contributed by atoms with Crippen LogP contribution in [0.25, 0.3) is 0 Å². The fraction of sp³-hybridized carbons (Fsp3) is 0.700. The van der Waals surface area contributed by atoms with Crippen LogP contribution < -0.4 is 0 Å². The van der Waals surface area contributed by atoms with Crippen LogP contribution in [0.3, 0.4) is 0 Å². The fourth-order valence-corrected chi connectivity index (χ4v) is 2.31. The van der Waals surface area contributed by atoms with Crippen molar-refractivity contribution >= 4 is 24.0 Å². The molecule has 0 atom stereocenters. The normalized spacial score (nSPS) is 13.1. The van der Waals surface area contributed by atoms with Gasteiger partial charge < -0.3 is 9.30 Å². The molecule has 1 aromatic heterocycles. The third-order valence-corrected chi connectivity index (χ3v) is 4.58. The lowest BCUT2D eigenvalue weighted by atomic mass is 10.5. The van der Waals surface area contributed by atoms with Crippen LogP contribution in [-0.4, -0.2) is 24.2 Å². The van der Waals surface area contributed by atoms with E-state index in [1.165, 1.54) is 4.57 Å². The van der Waals surface area contributed by atoms with Crippen LogP contribution >= 0.6 is 15.9 Å². The number of rotatable bonds is 5. The van der Waals surface area contributed by atoms with Crippen molar-refractivity contribution in [3.05, 3.63) is 16.6 Å². The number of aromatic nitrogens is 2. The minimum absolute atomic E-state index is 0.0775. The van der Waals surface area contributed by atoms with Crippen molar-refractivity contribution in [2.24, 2.45) is 0 Å². The highest BCUT2D eigenvalue weighted by atomic mass is 79.9. The summed E-state index contributed by atoms with van der Waals surface area (Å²) in [4.78, 5) is 3.39. The molecule has 0 radical (unpaired) electrons. The molecule has 8 heteroatoms. The second-order valence-corrected chi connectivity index (χ2v) is 11.5. The molecule has 0 spiro atoms. The van der Waals surface area contributed by atoms with Crippen LogP contribution in [0.5, 0.6) is 0 Å². The van der Waals surface area contributed by atoms with E-state index < -0.39 is 19.9 Å². The molecule has 104 valence electrons. The maximum atomic E-state index is 12.4. The van der Waals surface area contributed by atoms with Gasteiger partial charge in [0.05, 0.1) is 0 Å². The summed E-state index contributed by atoms with van der Waals surface area (Å²) < 4.78 is 44.0. The molecule has 1 rings (SSSR count). The average Bonchev–Trinajstić information content (AvgIpc) is 2.53. The van der Waals surface area contributed by atoms with Gasteiger partial charge in [0.2, 0.25) is 0 Å². The Bertz CT molecular complexity index is 401. The summed E-state index contributed by atoms with van der Waals surface area (Å²) in [7, 11) is -1.18. The van der Waals surface area contributed by atoms with Crippen molar-refractivity contribution in [2.75, 3.05) is 6.61 Å². The standard InChI is InChI=1S/C10H16BrF3N2OSi/c1-18(2,3)5-4-17-7-16-6-8(10(12,13)14)15-9(16)11/h6H,4-5,7H2,1-3H3. The van der Waals surface area contributed by atoms with Crippen LogP contribution in [0.1, 0.15) is 5.69 Å². The minimum Gasteiger partial charge on any atom is -0.361 e. The van der Waals surface area contributed by atoms with E-state index in [0.717, 1.165) is 12.2 Å². The molecule has 0 N–H and O–H groups in total. The minimum atomic E-state index is -4.42. The van der Waals surface area contributed by atoms with Gasteiger partial charge in [0, 0.05) is 20.9 Å². The highest BCUT2D eigenvalue weighted by Gasteiger charge is 2.34. The third kappa shape index (κ3) is 5.11. The van der Waals surface area contributed by atoms with Gasteiger partial charge >= 0.3 is 6.18 Å². The van der Waals surface area contributed by atoms with E-state index in [1.807, 2.05) is 0 Å². The molecule has 0 aliphatic rings. The Morgan fingerprint density at radius 3 is 2.44 bits per heavy atom. The zero-order chi connectivity index (χ0) is 14.0. The molecule has 1 heterocycles. The third-order valence-electron chi connectivity index (χ3n) is 2.25. The number of imidazole rings is 1.